The standard InChI is InChI=1S/C22H20N6O4/c29-21(11-23-31)25-19-7-3-9-27(15-19)13-17-5-1-2-6-18(17)14-28-10-4-8-20(16-28)26-22(30)12-24-32/h1-12,15-16H,13-14H2,(H2-2,25,26,29,30,31,32)/p+2. The van der Waals surface area contributed by atoms with Crippen molar-refractivity contribution in [3.63, 3.8) is 0 Å². The predicted octanol–water partition coefficient (Wildman–Crippen LogP) is 1.16. The lowest BCUT2D eigenvalue weighted by Crippen LogP contribution is -2.37. The zero-order valence-corrected chi connectivity index (χ0v) is 17.0. The number of hydrogen-bond acceptors (Lipinski definition) is 6. The Labute approximate surface area is 183 Å². The zero-order chi connectivity index (χ0) is 22.8. The number of benzene rings is 1. The number of carbonyl (C=O) groups excluding carboxylic acids is 2. The molecule has 10 heteroatoms. The van der Waals surface area contributed by atoms with Crippen LogP contribution in [-0.4, -0.2) is 34.7 Å². The van der Waals surface area contributed by atoms with Gasteiger partial charge in [0, 0.05) is 23.3 Å². The molecule has 0 unspecified atom stereocenters. The summed E-state index contributed by atoms with van der Waals surface area (Å²) < 4.78 is 3.86. The number of pyridine rings is 2. The summed E-state index contributed by atoms with van der Waals surface area (Å²) in [6.07, 6.45) is 8.92. The van der Waals surface area contributed by atoms with Crippen LogP contribution in [0.2, 0.25) is 0 Å². The number of hydrogen-bond donors (Lipinski definition) is 4. The molecule has 0 saturated heterocycles. The normalized spacial score (nSPS) is 11.0. The van der Waals surface area contributed by atoms with Gasteiger partial charge in [-0.1, -0.05) is 34.6 Å². The number of aromatic nitrogens is 2. The van der Waals surface area contributed by atoms with Gasteiger partial charge in [0.15, 0.2) is 37.9 Å². The maximum absolute atomic E-state index is 11.6. The molecule has 2 heterocycles. The van der Waals surface area contributed by atoms with E-state index in [0.29, 0.717) is 24.5 Å². The summed E-state index contributed by atoms with van der Waals surface area (Å²) >= 11 is 0. The first-order valence-corrected chi connectivity index (χ1v) is 9.59. The third-order valence-electron chi connectivity index (χ3n) is 4.43. The van der Waals surface area contributed by atoms with Crippen LogP contribution in [0.15, 0.2) is 83.6 Å². The highest BCUT2D eigenvalue weighted by Crippen LogP contribution is 2.10. The largest absolute Gasteiger partial charge is 0.411 e. The van der Waals surface area contributed by atoms with E-state index in [9.17, 15) is 9.59 Å². The van der Waals surface area contributed by atoms with E-state index in [1.54, 1.807) is 24.5 Å². The summed E-state index contributed by atoms with van der Waals surface area (Å²) in [5, 5.41) is 27.6. The van der Waals surface area contributed by atoms with E-state index in [-0.39, 0.29) is 0 Å². The summed E-state index contributed by atoms with van der Waals surface area (Å²) in [6, 6.07) is 15.1. The number of amides is 2. The maximum Gasteiger partial charge on any atom is 0.270 e. The highest BCUT2D eigenvalue weighted by Gasteiger charge is 2.13. The van der Waals surface area contributed by atoms with Crippen LogP contribution in [0.1, 0.15) is 11.1 Å². The smallest absolute Gasteiger partial charge is 0.270 e. The molecule has 0 radical (unpaired) electrons. The molecule has 1 aromatic carbocycles. The number of oxime groups is 2. The van der Waals surface area contributed by atoms with Crippen LogP contribution in [0.5, 0.6) is 0 Å². The Bertz CT molecular complexity index is 1070. The van der Waals surface area contributed by atoms with Crippen molar-refractivity contribution in [2.24, 2.45) is 10.3 Å². The van der Waals surface area contributed by atoms with Crippen LogP contribution in [0, 0.1) is 0 Å². The molecule has 0 atom stereocenters. The van der Waals surface area contributed by atoms with Crippen LogP contribution in [0.25, 0.3) is 0 Å². The Kier molecular flexibility index (Phi) is 7.58. The molecule has 0 bridgehead atoms. The van der Waals surface area contributed by atoms with Crippen molar-refractivity contribution >= 4 is 35.6 Å². The summed E-state index contributed by atoms with van der Waals surface area (Å²) in [5.74, 6) is -1.06. The van der Waals surface area contributed by atoms with Gasteiger partial charge >= 0.3 is 0 Å². The molecule has 162 valence electrons. The van der Waals surface area contributed by atoms with Crippen LogP contribution >= 0.6 is 0 Å². The van der Waals surface area contributed by atoms with Crippen LogP contribution in [0.4, 0.5) is 11.4 Å². The topological polar surface area (TPSA) is 131 Å². The average molecular weight is 434 g/mol. The minimum absolute atomic E-state index is 0.528. The first kappa shape index (κ1) is 22.1. The molecular formula is C22H22N6O4+2. The molecule has 2 aromatic heterocycles. The van der Waals surface area contributed by atoms with E-state index in [1.807, 2.05) is 57.9 Å². The summed E-state index contributed by atoms with van der Waals surface area (Å²) in [6.45, 7) is 1.13. The van der Waals surface area contributed by atoms with Crippen LogP contribution in [-0.2, 0) is 22.7 Å². The number of anilines is 2. The molecule has 3 aromatic rings. The van der Waals surface area contributed by atoms with Gasteiger partial charge in [0.05, 0.1) is 0 Å². The number of nitrogens with zero attached hydrogens (tertiary/aromatic N) is 4. The van der Waals surface area contributed by atoms with E-state index in [1.165, 1.54) is 0 Å². The molecule has 0 aliphatic rings. The molecule has 3 rings (SSSR count). The molecule has 0 spiro atoms. The molecular weight excluding hydrogens is 412 g/mol. The third-order valence-corrected chi connectivity index (χ3v) is 4.43. The first-order chi connectivity index (χ1) is 15.6. The molecule has 0 aliphatic carbocycles. The van der Waals surface area contributed by atoms with Gasteiger partial charge < -0.3 is 21.0 Å². The van der Waals surface area contributed by atoms with Crippen molar-refractivity contribution in [2.45, 2.75) is 13.1 Å². The third kappa shape index (κ3) is 6.46. The van der Waals surface area contributed by atoms with Gasteiger partial charge in [0.25, 0.3) is 11.8 Å². The Balaban J connectivity index is 1.76. The molecule has 0 saturated carbocycles. The van der Waals surface area contributed by atoms with E-state index >= 15 is 0 Å². The second kappa shape index (κ2) is 11.0. The van der Waals surface area contributed by atoms with Gasteiger partial charge in [-0.05, 0) is 12.1 Å². The fraction of sp³-hybridized carbons (Fsp3) is 0.0909. The summed E-state index contributed by atoms with van der Waals surface area (Å²) in [7, 11) is 0. The van der Waals surface area contributed by atoms with Gasteiger partial charge in [0.2, 0.25) is 0 Å². The SMILES string of the molecule is O=C(/C=N/O)Nc1ccc[n+](Cc2ccccc2C[n+]2cccc(NC(=O)/C=N/O)c2)c1. The lowest BCUT2D eigenvalue weighted by Gasteiger charge is -2.07. The monoisotopic (exact) mass is 434 g/mol. The van der Waals surface area contributed by atoms with E-state index < -0.39 is 11.8 Å². The van der Waals surface area contributed by atoms with Crippen LogP contribution in [0.3, 0.4) is 0 Å². The summed E-state index contributed by atoms with van der Waals surface area (Å²) in [5.41, 5.74) is 3.29. The summed E-state index contributed by atoms with van der Waals surface area (Å²) in [4.78, 5) is 23.2. The average Bonchev–Trinajstić information content (AvgIpc) is 2.76. The quantitative estimate of drug-likeness (QED) is 0.183. The van der Waals surface area contributed by atoms with E-state index in [4.69, 9.17) is 10.4 Å². The first-order valence-electron chi connectivity index (χ1n) is 9.59. The molecule has 0 fully saturated rings. The van der Waals surface area contributed by atoms with Crippen molar-refractivity contribution in [1.82, 2.24) is 0 Å². The Morgan fingerprint density at radius 1 is 0.750 bits per heavy atom. The van der Waals surface area contributed by atoms with Crippen molar-refractivity contribution in [3.05, 3.63) is 84.4 Å². The minimum atomic E-state index is -0.528. The maximum atomic E-state index is 11.6. The van der Waals surface area contributed by atoms with Crippen molar-refractivity contribution < 1.29 is 29.1 Å². The van der Waals surface area contributed by atoms with E-state index in [2.05, 4.69) is 20.9 Å². The molecule has 2 amide bonds. The minimum Gasteiger partial charge on any atom is -0.411 e. The van der Waals surface area contributed by atoms with Gasteiger partial charge in [-0.15, -0.1) is 0 Å². The van der Waals surface area contributed by atoms with E-state index in [0.717, 1.165) is 23.6 Å². The fourth-order valence-electron chi connectivity index (χ4n) is 3.10. The highest BCUT2D eigenvalue weighted by molar-refractivity contribution is 6.31. The lowest BCUT2D eigenvalue weighted by molar-refractivity contribution is -0.692. The molecule has 10 nitrogen and oxygen atoms in total. The van der Waals surface area contributed by atoms with Gasteiger partial charge in [0.1, 0.15) is 23.8 Å². The Morgan fingerprint density at radius 3 is 1.59 bits per heavy atom. The molecule has 0 aliphatic heterocycles. The fourth-order valence-corrected chi connectivity index (χ4v) is 3.10. The molecule has 32 heavy (non-hydrogen) atoms. The van der Waals surface area contributed by atoms with Gasteiger partial charge in [-0.3, -0.25) is 9.59 Å². The lowest BCUT2D eigenvalue weighted by atomic mass is 10.1. The zero-order valence-electron chi connectivity index (χ0n) is 17.0. The van der Waals surface area contributed by atoms with Crippen molar-refractivity contribution in [1.29, 1.82) is 0 Å². The van der Waals surface area contributed by atoms with Gasteiger partial charge in [-0.2, -0.15) is 9.13 Å². The Hall–Kier alpha value is -4.60. The van der Waals surface area contributed by atoms with Crippen molar-refractivity contribution in [3.8, 4) is 0 Å². The predicted molar refractivity (Wildman–Crippen MR) is 116 cm³/mol. The second-order valence-electron chi connectivity index (χ2n) is 6.77. The van der Waals surface area contributed by atoms with Crippen molar-refractivity contribution in [2.75, 3.05) is 10.6 Å². The number of nitrogens with one attached hydrogen (secondary N) is 2. The Morgan fingerprint density at radius 2 is 1.19 bits per heavy atom. The van der Waals surface area contributed by atoms with Crippen LogP contribution < -0.4 is 19.8 Å². The molecule has 4 N–H and O–H groups in total. The number of carbonyl (C=O) groups is 2. The van der Waals surface area contributed by atoms with Gasteiger partial charge in [-0.25, -0.2) is 0 Å². The highest BCUT2D eigenvalue weighted by atomic mass is 16.4. The second-order valence-corrected chi connectivity index (χ2v) is 6.77. The number of rotatable bonds is 8.